The fourth-order valence-corrected chi connectivity index (χ4v) is 1.83. The molecule has 0 fully saturated rings. The molecule has 0 aliphatic carbocycles. The Kier molecular flexibility index (Phi) is 3.21. The van der Waals surface area contributed by atoms with Crippen molar-refractivity contribution in [2.45, 2.75) is 6.92 Å². The maximum Gasteiger partial charge on any atom is 0.231 e. The zero-order valence-electron chi connectivity index (χ0n) is 8.28. The van der Waals surface area contributed by atoms with Crippen molar-refractivity contribution < 1.29 is 8.42 Å². The Morgan fingerprint density at radius 2 is 1.93 bits per heavy atom. The SMILES string of the molecule is Cc1ccc(N(C)S(C)(=O)=O)cc1Br. The molecule has 0 atom stereocenters. The van der Waals surface area contributed by atoms with Crippen molar-refractivity contribution >= 4 is 31.6 Å². The van der Waals surface area contributed by atoms with Crippen molar-refractivity contribution in [3.8, 4) is 0 Å². The lowest BCUT2D eigenvalue weighted by Crippen LogP contribution is -2.24. The summed E-state index contributed by atoms with van der Waals surface area (Å²) < 4.78 is 24.6. The summed E-state index contributed by atoms with van der Waals surface area (Å²) in [5.74, 6) is 0. The highest BCUT2D eigenvalue weighted by Gasteiger charge is 2.12. The first-order valence-corrected chi connectivity index (χ1v) is 6.66. The summed E-state index contributed by atoms with van der Waals surface area (Å²) in [6.45, 7) is 1.95. The number of rotatable bonds is 2. The van der Waals surface area contributed by atoms with Gasteiger partial charge in [0.15, 0.2) is 0 Å². The zero-order valence-corrected chi connectivity index (χ0v) is 10.7. The van der Waals surface area contributed by atoms with Crippen LogP contribution in [0.1, 0.15) is 5.56 Å². The van der Waals surface area contributed by atoms with Crippen LogP contribution in [-0.4, -0.2) is 21.7 Å². The maximum absolute atomic E-state index is 11.2. The van der Waals surface area contributed by atoms with Gasteiger partial charge in [-0.15, -0.1) is 0 Å². The van der Waals surface area contributed by atoms with Crippen molar-refractivity contribution in [3.63, 3.8) is 0 Å². The number of nitrogens with zero attached hydrogens (tertiary/aromatic N) is 1. The van der Waals surface area contributed by atoms with Crippen LogP contribution in [0.25, 0.3) is 0 Å². The fraction of sp³-hybridized carbons (Fsp3) is 0.333. The quantitative estimate of drug-likeness (QED) is 0.831. The maximum atomic E-state index is 11.2. The van der Waals surface area contributed by atoms with Gasteiger partial charge in [-0.05, 0) is 24.6 Å². The summed E-state index contributed by atoms with van der Waals surface area (Å²) in [6, 6.07) is 5.44. The standard InChI is InChI=1S/C9H12BrNO2S/c1-7-4-5-8(6-9(7)10)11(2)14(3,12)13/h4-6H,1-3H3. The second-order valence-electron chi connectivity index (χ2n) is 3.16. The van der Waals surface area contributed by atoms with E-state index in [4.69, 9.17) is 0 Å². The molecule has 14 heavy (non-hydrogen) atoms. The lowest BCUT2D eigenvalue weighted by Gasteiger charge is -2.17. The van der Waals surface area contributed by atoms with Gasteiger partial charge in [0.05, 0.1) is 11.9 Å². The van der Waals surface area contributed by atoms with E-state index in [-0.39, 0.29) is 0 Å². The van der Waals surface area contributed by atoms with Gasteiger partial charge in [0.1, 0.15) is 0 Å². The summed E-state index contributed by atoms with van der Waals surface area (Å²) >= 11 is 3.36. The summed E-state index contributed by atoms with van der Waals surface area (Å²) in [6.07, 6.45) is 1.18. The zero-order chi connectivity index (χ0) is 10.9. The molecule has 1 aromatic carbocycles. The highest BCUT2D eigenvalue weighted by Crippen LogP contribution is 2.23. The molecule has 0 saturated carbocycles. The first-order chi connectivity index (χ1) is 6.32. The van der Waals surface area contributed by atoms with Crippen LogP contribution in [0, 0.1) is 6.92 Å². The van der Waals surface area contributed by atoms with Gasteiger partial charge in [-0.1, -0.05) is 22.0 Å². The average Bonchev–Trinajstić information content (AvgIpc) is 2.07. The van der Waals surface area contributed by atoms with Crippen molar-refractivity contribution in [3.05, 3.63) is 28.2 Å². The van der Waals surface area contributed by atoms with Crippen LogP contribution in [0.3, 0.4) is 0 Å². The van der Waals surface area contributed by atoms with E-state index in [1.165, 1.54) is 17.6 Å². The van der Waals surface area contributed by atoms with Gasteiger partial charge >= 0.3 is 0 Å². The van der Waals surface area contributed by atoms with E-state index in [0.29, 0.717) is 5.69 Å². The van der Waals surface area contributed by atoms with Crippen LogP contribution in [0.5, 0.6) is 0 Å². The number of hydrogen-bond acceptors (Lipinski definition) is 2. The first kappa shape index (κ1) is 11.5. The summed E-state index contributed by atoms with van der Waals surface area (Å²) in [7, 11) is -1.64. The first-order valence-electron chi connectivity index (χ1n) is 4.02. The molecule has 78 valence electrons. The highest BCUT2D eigenvalue weighted by atomic mass is 79.9. The molecule has 5 heteroatoms. The Bertz CT molecular complexity index is 442. The molecule has 0 radical (unpaired) electrons. The summed E-state index contributed by atoms with van der Waals surface area (Å²) in [4.78, 5) is 0. The van der Waals surface area contributed by atoms with E-state index in [1.54, 1.807) is 12.1 Å². The van der Waals surface area contributed by atoms with E-state index in [0.717, 1.165) is 10.0 Å². The third-order valence-electron chi connectivity index (χ3n) is 2.02. The Labute approximate surface area is 92.9 Å². The third-order valence-corrected chi connectivity index (χ3v) is 4.08. The number of aryl methyl sites for hydroxylation is 1. The Balaban J connectivity index is 3.16. The molecule has 0 unspecified atom stereocenters. The molecule has 0 spiro atoms. The molecule has 1 aromatic rings. The molecule has 0 amide bonds. The molecule has 0 bridgehead atoms. The molecule has 0 aliphatic heterocycles. The molecular formula is C9H12BrNO2S. The van der Waals surface area contributed by atoms with Gasteiger partial charge in [-0.2, -0.15) is 0 Å². The predicted molar refractivity (Wildman–Crippen MR) is 62.1 cm³/mol. The Morgan fingerprint density at radius 1 is 1.36 bits per heavy atom. The third kappa shape index (κ3) is 2.48. The number of sulfonamides is 1. The van der Waals surface area contributed by atoms with Gasteiger partial charge < -0.3 is 0 Å². The van der Waals surface area contributed by atoms with Gasteiger partial charge in [-0.25, -0.2) is 8.42 Å². The summed E-state index contributed by atoms with van der Waals surface area (Å²) in [5.41, 5.74) is 1.74. The minimum atomic E-state index is -3.17. The second kappa shape index (κ2) is 3.90. The second-order valence-corrected chi connectivity index (χ2v) is 6.03. The number of anilines is 1. The number of hydrogen-bond donors (Lipinski definition) is 0. The lowest BCUT2D eigenvalue weighted by atomic mass is 10.2. The fourth-order valence-electron chi connectivity index (χ4n) is 0.969. The van der Waals surface area contributed by atoms with Crippen LogP contribution >= 0.6 is 15.9 Å². The van der Waals surface area contributed by atoms with E-state index in [2.05, 4.69) is 15.9 Å². The van der Waals surface area contributed by atoms with Crippen LogP contribution < -0.4 is 4.31 Å². The minimum Gasteiger partial charge on any atom is -0.274 e. The van der Waals surface area contributed by atoms with E-state index in [1.807, 2.05) is 13.0 Å². The Hall–Kier alpha value is -0.550. The van der Waals surface area contributed by atoms with Crippen LogP contribution in [0.4, 0.5) is 5.69 Å². The van der Waals surface area contributed by atoms with Crippen molar-refractivity contribution in [2.75, 3.05) is 17.6 Å². The molecular weight excluding hydrogens is 266 g/mol. The molecule has 1 rings (SSSR count). The van der Waals surface area contributed by atoms with Crippen molar-refractivity contribution in [1.82, 2.24) is 0 Å². The van der Waals surface area contributed by atoms with E-state index in [9.17, 15) is 8.42 Å². The molecule has 0 heterocycles. The van der Waals surface area contributed by atoms with Crippen LogP contribution in [-0.2, 0) is 10.0 Å². The number of halogens is 1. The van der Waals surface area contributed by atoms with Crippen LogP contribution in [0.15, 0.2) is 22.7 Å². The molecule has 0 N–H and O–H groups in total. The average molecular weight is 278 g/mol. The summed E-state index contributed by atoms with van der Waals surface area (Å²) in [5, 5.41) is 0. The van der Waals surface area contributed by atoms with E-state index >= 15 is 0 Å². The van der Waals surface area contributed by atoms with E-state index < -0.39 is 10.0 Å². The smallest absolute Gasteiger partial charge is 0.231 e. The topological polar surface area (TPSA) is 37.4 Å². The van der Waals surface area contributed by atoms with Crippen LogP contribution in [0.2, 0.25) is 0 Å². The minimum absolute atomic E-state index is 0.657. The highest BCUT2D eigenvalue weighted by molar-refractivity contribution is 9.10. The monoisotopic (exact) mass is 277 g/mol. The normalized spacial score (nSPS) is 11.4. The number of benzene rings is 1. The van der Waals surface area contributed by atoms with Crippen molar-refractivity contribution in [1.29, 1.82) is 0 Å². The molecule has 0 aliphatic rings. The largest absolute Gasteiger partial charge is 0.274 e. The Morgan fingerprint density at radius 3 is 2.36 bits per heavy atom. The molecule has 0 aromatic heterocycles. The van der Waals surface area contributed by atoms with Gasteiger partial charge in [0, 0.05) is 11.5 Å². The van der Waals surface area contributed by atoms with Crippen molar-refractivity contribution in [2.24, 2.45) is 0 Å². The van der Waals surface area contributed by atoms with Gasteiger partial charge in [0.25, 0.3) is 0 Å². The van der Waals surface area contributed by atoms with Gasteiger partial charge in [-0.3, -0.25) is 4.31 Å². The van der Waals surface area contributed by atoms with Gasteiger partial charge in [0.2, 0.25) is 10.0 Å². The lowest BCUT2D eigenvalue weighted by molar-refractivity contribution is 0.600. The molecule has 0 saturated heterocycles. The molecule has 3 nitrogen and oxygen atoms in total. The predicted octanol–water partition coefficient (Wildman–Crippen LogP) is 2.15.